The van der Waals surface area contributed by atoms with Crippen LogP contribution in [0.1, 0.15) is 27.7 Å². The maximum atomic E-state index is 12.8. The Bertz CT molecular complexity index is 1450. The summed E-state index contributed by atoms with van der Waals surface area (Å²) in [4.78, 5) is 23.6. The average molecular weight is 536 g/mol. The number of anilines is 1. The molecule has 2 heterocycles. The van der Waals surface area contributed by atoms with E-state index < -0.39 is 10.8 Å². The minimum atomic E-state index is -0.601. The summed E-state index contributed by atoms with van der Waals surface area (Å²) in [6, 6.07) is 11.6. The molecule has 0 spiro atoms. The van der Waals surface area contributed by atoms with Crippen LogP contribution < -0.4 is 10.1 Å². The van der Waals surface area contributed by atoms with Crippen LogP contribution in [-0.2, 0) is 6.54 Å². The number of nitrogens with zero attached hydrogens (tertiary/aromatic N) is 3. The number of carbonyl (C=O) groups excluding carboxylic acids is 1. The van der Waals surface area contributed by atoms with Crippen LogP contribution in [0, 0.1) is 24.0 Å². The summed E-state index contributed by atoms with van der Waals surface area (Å²) in [5.41, 5.74) is 1.31. The van der Waals surface area contributed by atoms with Gasteiger partial charge in [0, 0.05) is 17.2 Å². The molecule has 0 aliphatic rings. The van der Waals surface area contributed by atoms with E-state index in [-0.39, 0.29) is 40.2 Å². The van der Waals surface area contributed by atoms with Crippen molar-refractivity contribution in [2.24, 2.45) is 0 Å². The van der Waals surface area contributed by atoms with E-state index >= 15 is 0 Å². The molecule has 9 nitrogen and oxygen atoms in total. The molecule has 0 radical (unpaired) electrons. The average Bonchev–Trinajstić information content (AvgIpc) is 3.36. The summed E-state index contributed by atoms with van der Waals surface area (Å²) in [5.74, 6) is 0.243. The molecule has 1 N–H and O–H groups in total. The first-order chi connectivity index (χ1) is 16.6. The maximum Gasteiger partial charge on any atom is 0.291 e. The van der Waals surface area contributed by atoms with Crippen molar-refractivity contribution < 1.29 is 18.9 Å². The molecule has 0 saturated heterocycles. The number of furan rings is 1. The number of hydrogen-bond acceptors (Lipinski definition) is 6. The molecule has 2 aromatic carbocycles. The van der Waals surface area contributed by atoms with Crippen molar-refractivity contribution in [3.63, 3.8) is 0 Å². The number of halogens is 3. The first-order valence-corrected chi connectivity index (χ1v) is 11.3. The fourth-order valence-electron chi connectivity index (χ4n) is 3.26. The lowest BCUT2D eigenvalue weighted by Gasteiger charge is -2.10. The van der Waals surface area contributed by atoms with Crippen LogP contribution in [0.25, 0.3) is 0 Å². The summed E-state index contributed by atoms with van der Waals surface area (Å²) in [7, 11) is 0. The predicted molar refractivity (Wildman–Crippen MR) is 132 cm³/mol. The van der Waals surface area contributed by atoms with E-state index in [0.717, 1.165) is 5.69 Å². The van der Waals surface area contributed by atoms with Crippen LogP contribution >= 0.6 is 34.8 Å². The topological polar surface area (TPSA) is 112 Å². The second kappa shape index (κ2) is 9.99. The Morgan fingerprint density at radius 2 is 1.91 bits per heavy atom. The van der Waals surface area contributed by atoms with Gasteiger partial charge in [-0.15, -0.1) is 0 Å². The van der Waals surface area contributed by atoms with Gasteiger partial charge in [0.15, 0.2) is 5.76 Å². The minimum Gasteiger partial charge on any atom is -0.455 e. The molecule has 4 aromatic rings. The monoisotopic (exact) mass is 534 g/mol. The number of nitro groups is 1. The summed E-state index contributed by atoms with van der Waals surface area (Å²) in [6.07, 6.45) is 0. The number of ether oxygens (including phenoxy) is 1. The molecule has 35 heavy (non-hydrogen) atoms. The number of aromatic nitrogens is 2. The van der Waals surface area contributed by atoms with Gasteiger partial charge in [0.25, 0.3) is 11.6 Å². The van der Waals surface area contributed by atoms with E-state index in [4.69, 9.17) is 44.0 Å². The highest BCUT2D eigenvalue weighted by Crippen LogP contribution is 2.34. The van der Waals surface area contributed by atoms with Gasteiger partial charge in [-0.1, -0.05) is 34.8 Å². The number of benzene rings is 2. The standard InChI is InChI=1S/C23H17Cl3N4O5/c1-12-22(26)13(2)29(28-12)11-17-4-6-21(34-17)23(31)27-15-8-16(30(32)33)10-18(9-15)35-20-5-3-14(24)7-19(20)25/h3-10H,11H2,1-2H3,(H,27,31). The number of carbonyl (C=O) groups is 1. The second-order valence-corrected chi connectivity index (χ2v) is 8.73. The molecule has 0 bridgehead atoms. The van der Waals surface area contributed by atoms with Gasteiger partial charge in [-0.05, 0) is 44.2 Å². The van der Waals surface area contributed by atoms with E-state index in [1.807, 2.05) is 6.92 Å². The molecule has 0 aliphatic heterocycles. The second-order valence-electron chi connectivity index (χ2n) is 7.51. The Morgan fingerprint density at radius 3 is 2.57 bits per heavy atom. The van der Waals surface area contributed by atoms with Gasteiger partial charge >= 0.3 is 0 Å². The zero-order valence-electron chi connectivity index (χ0n) is 18.3. The number of rotatable bonds is 7. The van der Waals surface area contributed by atoms with Crippen molar-refractivity contribution in [3.8, 4) is 11.5 Å². The van der Waals surface area contributed by atoms with Crippen molar-refractivity contribution in [3.05, 3.63) is 96.6 Å². The van der Waals surface area contributed by atoms with Crippen LogP contribution in [0.4, 0.5) is 11.4 Å². The quantitative estimate of drug-likeness (QED) is 0.200. The number of nitro benzene ring substituents is 1. The highest BCUT2D eigenvalue weighted by molar-refractivity contribution is 6.35. The van der Waals surface area contributed by atoms with Crippen molar-refractivity contribution in [1.82, 2.24) is 9.78 Å². The lowest BCUT2D eigenvalue weighted by Crippen LogP contribution is -2.11. The normalized spacial score (nSPS) is 10.9. The molecular weight excluding hydrogens is 519 g/mol. The van der Waals surface area contributed by atoms with Gasteiger partial charge in [0.2, 0.25) is 0 Å². The molecule has 12 heteroatoms. The third-order valence-corrected chi connectivity index (χ3v) is 6.04. The summed E-state index contributed by atoms with van der Waals surface area (Å²) in [6.45, 7) is 3.91. The molecule has 0 atom stereocenters. The Balaban J connectivity index is 1.53. The van der Waals surface area contributed by atoms with E-state index in [1.165, 1.54) is 36.4 Å². The van der Waals surface area contributed by atoms with Gasteiger partial charge in [-0.3, -0.25) is 19.6 Å². The summed E-state index contributed by atoms with van der Waals surface area (Å²) in [5, 5.41) is 19.5. The molecular formula is C23H17Cl3N4O5. The fraction of sp³-hybridized carbons (Fsp3) is 0.130. The van der Waals surface area contributed by atoms with E-state index in [1.54, 1.807) is 23.7 Å². The van der Waals surface area contributed by atoms with Crippen LogP contribution in [0.3, 0.4) is 0 Å². The van der Waals surface area contributed by atoms with Gasteiger partial charge in [-0.25, -0.2) is 0 Å². The molecule has 0 fully saturated rings. The van der Waals surface area contributed by atoms with Crippen LogP contribution in [-0.4, -0.2) is 20.6 Å². The third-order valence-electron chi connectivity index (χ3n) is 4.97. The number of nitrogens with one attached hydrogen (secondary N) is 1. The lowest BCUT2D eigenvalue weighted by atomic mass is 10.2. The van der Waals surface area contributed by atoms with Gasteiger partial charge in [0.05, 0.1) is 44.7 Å². The van der Waals surface area contributed by atoms with Crippen LogP contribution in [0.2, 0.25) is 15.1 Å². The summed E-state index contributed by atoms with van der Waals surface area (Å²) >= 11 is 18.2. The number of aryl methyl sites for hydroxylation is 1. The lowest BCUT2D eigenvalue weighted by molar-refractivity contribution is -0.384. The van der Waals surface area contributed by atoms with E-state index in [9.17, 15) is 14.9 Å². The van der Waals surface area contributed by atoms with Gasteiger partial charge < -0.3 is 14.5 Å². The Kier molecular flexibility index (Phi) is 7.02. The number of non-ortho nitro benzene ring substituents is 1. The fourth-order valence-corrected chi connectivity index (χ4v) is 3.84. The Labute approximate surface area is 214 Å². The van der Waals surface area contributed by atoms with Gasteiger partial charge in [-0.2, -0.15) is 5.10 Å². The molecule has 180 valence electrons. The first-order valence-electron chi connectivity index (χ1n) is 10.1. The molecule has 4 rings (SSSR count). The van der Waals surface area contributed by atoms with Gasteiger partial charge in [0.1, 0.15) is 17.3 Å². The van der Waals surface area contributed by atoms with Crippen molar-refractivity contribution in [2.75, 3.05) is 5.32 Å². The van der Waals surface area contributed by atoms with Crippen molar-refractivity contribution in [1.29, 1.82) is 0 Å². The van der Waals surface area contributed by atoms with Crippen molar-refractivity contribution in [2.45, 2.75) is 20.4 Å². The SMILES string of the molecule is Cc1nn(Cc2ccc(C(=O)Nc3cc(Oc4ccc(Cl)cc4Cl)cc([N+](=O)[O-])c3)o2)c(C)c1Cl. The third kappa shape index (κ3) is 5.59. The Morgan fingerprint density at radius 1 is 1.14 bits per heavy atom. The molecule has 0 saturated carbocycles. The molecule has 0 unspecified atom stereocenters. The highest BCUT2D eigenvalue weighted by Gasteiger charge is 2.18. The van der Waals surface area contributed by atoms with Crippen LogP contribution in [0.15, 0.2) is 52.9 Å². The Hall–Kier alpha value is -3.53. The molecule has 0 aliphatic carbocycles. The van der Waals surface area contributed by atoms with E-state index in [0.29, 0.717) is 21.5 Å². The predicted octanol–water partition coefficient (Wildman–Crippen LogP) is 7.05. The number of amides is 1. The first kappa shape index (κ1) is 24.6. The summed E-state index contributed by atoms with van der Waals surface area (Å²) < 4.78 is 13.0. The highest BCUT2D eigenvalue weighted by atomic mass is 35.5. The van der Waals surface area contributed by atoms with Crippen LogP contribution in [0.5, 0.6) is 11.5 Å². The van der Waals surface area contributed by atoms with Crippen molar-refractivity contribution >= 4 is 52.1 Å². The maximum absolute atomic E-state index is 12.8. The van der Waals surface area contributed by atoms with E-state index in [2.05, 4.69) is 10.4 Å². The smallest absolute Gasteiger partial charge is 0.291 e. The molecule has 1 amide bonds. The largest absolute Gasteiger partial charge is 0.455 e. The molecule has 2 aromatic heterocycles. The zero-order chi connectivity index (χ0) is 25.3. The minimum absolute atomic E-state index is 0.0161. The zero-order valence-corrected chi connectivity index (χ0v) is 20.6. The number of hydrogen-bond donors (Lipinski definition) is 1.